The first-order valence-electron chi connectivity index (χ1n) is 11.4. The molecule has 2 heterocycles. The Hall–Kier alpha value is -4.56. The fourth-order valence-corrected chi connectivity index (χ4v) is 3.72. The Kier molecular flexibility index (Phi) is 8.35. The first-order valence-corrected chi connectivity index (χ1v) is 11.4. The molecule has 11 nitrogen and oxygen atoms in total. The summed E-state index contributed by atoms with van der Waals surface area (Å²) in [5, 5.41) is 20.5. The third kappa shape index (κ3) is 6.74. The van der Waals surface area contributed by atoms with E-state index in [1.807, 2.05) is 30.5 Å². The van der Waals surface area contributed by atoms with Gasteiger partial charge in [0, 0.05) is 31.5 Å². The third-order valence-corrected chi connectivity index (χ3v) is 5.46. The number of aromatic nitrogens is 1. The van der Waals surface area contributed by atoms with Crippen molar-refractivity contribution < 1.29 is 18.7 Å². The fourth-order valence-electron chi connectivity index (χ4n) is 3.72. The van der Waals surface area contributed by atoms with Crippen LogP contribution in [-0.2, 0) is 11.3 Å². The normalized spacial score (nSPS) is 15.1. The van der Waals surface area contributed by atoms with E-state index in [9.17, 15) is 10.1 Å². The largest absolute Gasteiger partial charge is 0.496 e. The first-order chi connectivity index (χ1) is 17.6. The van der Waals surface area contributed by atoms with Crippen molar-refractivity contribution in [2.45, 2.75) is 25.5 Å². The highest BCUT2D eigenvalue weighted by atomic mass is 16.5. The van der Waals surface area contributed by atoms with E-state index in [2.05, 4.69) is 31.2 Å². The second-order valence-corrected chi connectivity index (χ2v) is 7.97. The van der Waals surface area contributed by atoms with Crippen molar-refractivity contribution in [2.75, 3.05) is 25.6 Å². The SMILES string of the molecule is COc1cc(N=C(NC#N)Nc2cccc(CNC(=O)NC[C@@H]3CCCO3)c2)ccc1-c1cnco1. The molecule has 0 unspecified atom stereocenters. The van der Waals surface area contributed by atoms with E-state index in [4.69, 9.17) is 13.9 Å². The molecule has 3 aromatic rings. The van der Waals surface area contributed by atoms with Crippen LogP contribution < -0.4 is 26.0 Å². The van der Waals surface area contributed by atoms with Gasteiger partial charge in [0.1, 0.15) is 5.75 Å². The van der Waals surface area contributed by atoms with Crippen LogP contribution in [0.2, 0.25) is 0 Å². The van der Waals surface area contributed by atoms with Crippen LogP contribution in [0.15, 0.2) is 64.5 Å². The van der Waals surface area contributed by atoms with Gasteiger partial charge in [0.25, 0.3) is 0 Å². The van der Waals surface area contributed by atoms with Crippen molar-refractivity contribution in [3.05, 3.63) is 60.6 Å². The van der Waals surface area contributed by atoms with Crippen molar-refractivity contribution in [2.24, 2.45) is 4.99 Å². The number of urea groups is 1. The van der Waals surface area contributed by atoms with Crippen LogP contribution in [0.3, 0.4) is 0 Å². The van der Waals surface area contributed by atoms with Crippen LogP contribution >= 0.6 is 0 Å². The molecule has 1 aliphatic heterocycles. The van der Waals surface area contributed by atoms with Gasteiger partial charge in [-0.1, -0.05) is 12.1 Å². The lowest BCUT2D eigenvalue weighted by molar-refractivity contribution is 0.111. The first kappa shape index (κ1) is 24.6. The minimum atomic E-state index is -0.250. The maximum absolute atomic E-state index is 12.1. The maximum Gasteiger partial charge on any atom is 0.315 e. The Morgan fingerprint density at radius 1 is 1.28 bits per heavy atom. The number of hydrogen-bond donors (Lipinski definition) is 4. The third-order valence-electron chi connectivity index (χ3n) is 5.46. The molecule has 2 amide bonds. The second-order valence-electron chi connectivity index (χ2n) is 7.97. The molecule has 36 heavy (non-hydrogen) atoms. The molecule has 1 aliphatic rings. The topological polar surface area (TPSA) is 146 Å². The van der Waals surface area contributed by atoms with Gasteiger partial charge in [0.15, 0.2) is 18.3 Å². The number of rotatable bonds is 8. The summed E-state index contributed by atoms with van der Waals surface area (Å²) in [6, 6.07) is 12.5. The molecular formula is C25H27N7O4. The molecule has 0 spiro atoms. The number of anilines is 1. The number of carbonyl (C=O) groups is 1. The highest BCUT2D eigenvalue weighted by Crippen LogP contribution is 2.33. The predicted molar refractivity (Wildman–Crippen MR) is 134 cm³/mol. The van der Waals surface area contributed by atoms with Crippen LogP contribution in [0.25, 0.3) is 11.3 Å². The van der Waals surface area contributed by atoms with Crippen molar-refractivity contribution in [3.63, 3.8) is 0 Å². The number of oxazole rings is 1. The summed E-state index contributed by atoms with van der Waals surface area (Å²) in [7, 11) is 1.55. The zero-order valence-electron chi connectivity index (χ0n) is 19.8. The number of carbonyl (C=O) groups excluding carboxylic acids is 1. The predicted octanol–water partition coefficient (Wildman–Crippen LogP) is 3.50. The van der Waals surface area contributed by atoms with Crippen LogP contribution in [0.4, 0.5) is 16.2 Å². The molecule has 0 radical (unpaired) electrons. The Bertz CT molecular complexity index is 1230. The minimum absolute atomic E-state index is 0.0898. The number of aliphatic imine (C=N–C) groups is 1. The van der Waals surface area contributed by atoms with Gasteiger partial charge >= 0.3 is 6.03 Å². The maximum atomic E-state index is 12.1. The van der Waals surface area contributed by atoms with Crippen molar-refractivity contribution in [3.8, 4) is 23.3 Å². The van der Waals surface area contributed by atoms with Crippen LogP contribution in [0.1, 0.15) is 18.4 Å². The number of methoxy groups -OCH3 is 1. The number of ether oxygens (including phenoxy) is 2. The Labute approximate surface area is 208 Å². The average Bonchev–Trinajstić information content (AvgIpc) is 3.61. The van der Waals surface area contributed by atoms with Crippen molar-refractivity contribution in [1.82, 2.24) is 20.9 Å². The Balaban J connectivity index is 1.40. The molecule has 1 aromatic heterocycles. The minimum Gasteiger partial charge on any atom is -0.496 e. The molecule has 4 N–H and O–H groups in total. The van der Waals surface area contributed by atoms with E-state index < -0.39 is 0 Å². The molecule has 1 atom stereocenters. The van der Waals surface area contributed by atoms with E-state index in [1.165, 1.54) is 6.39 Å². The summed E-state index contributed by atoms with van der Waals surface area (Å²) in [4.78, 5) is 20.5. The quantitative estimate of drug-likeness (QED) is 0.163. The second kappa shape index (κ2) is 12.2. The summed E-state index contributed by atoms with van der Waals surface area (Å²) in [5.74, 6) is 1.35. The summed E-state index contributed by atoms with van der Waals surface area (Å²) in [6.45, 7) is 1.59. The van der Waals surface area contributed by atoms with Gasteiger partial charge in [0.05, 0.1) is 30.7 Å². The molecule has 11 heteroatoms. The van der Waals surface area contributed by atoms with Crippen LogP contribution in [-0.4, -0.2) is 43.3 Å². The lowest BCUT2D eigenvalue weighted by Crippen LogP contribution is -2.39. The lowest BCUT2D eigenvalue weighted by Gasteiger charge is -2.13. The zero-order valence-corrected chi connectivity index (χ0v) is 19.8. The van der Waals surface area contributed by atoms with E-state index in [0.717, 1.165) is 30.6 Å². The van der Waals surface area contributed by atoms with Gasteiger partial charge in [-0.3, -0.25) is 5.32 Å². The van der Waals surface area contributed by atoms with Crippen molar-refractivity contribution in [1.29, 1.82) is 5.26 Å². The lowest BCUT2D eigenvalue weighted by atomic mass is 10.1. The Morgan fingerprint density at radius 3 is 2.94 bits per heavy atom. The molecule has 0 aliphatic carbocycles. The van der Waals surface area contributed by atoms with Gasteiger partial charge in [-0.2, -0.15) is 5.26 Å². The zero-order chi connectivity index (χ0) is 25.2. The highest BCUT2D eigenvalue weighted by molar-refractivity contribution is 5.96. The van der Waals surface area contributed by atoms with Gasteiger partial charge in [-0.05, 0) is 42.7 Å². The number of nitrogens with one attached hydrogen (secondary N) is 4. The van der Waals surface area contributed by atoms with E-state index in [1.54, 1.807) is 31.5 Å². The monoisotopic (exact) mass is 489 g/mol. The number of amides is 2. The number of benzene rings is 2. The summed E-state index contributed by atoms with van der Waals surface area (Å²) < 4.78 is 16.3. The molecule has 2 aromatic carbocycles. The number of guanidine groups is 1. The van der Waals surface area contributed by atoms with Crippen LogP contribution in [0.5, 0.6) is 5.75 Å². The molecule has 1 saturated heterocycles. The summed E-state index contributed by atoms with van der Waals surface area (Å²) in [5.41, 5.74) is 2.86. The van der Waals surface area contributed by atoms with Gasteiger partial charge < -0.3 is 29.8 Å². The Morgan fingerprint density at radius 2 is 2.19 bits per heavy atom. The molecular weight excluding hydrogens is 462 g/mol. The standard InChI is InChI=1S/C25H27N7O4/c1-34-22-11-19(7-8-21(22)23-14-27-16-36-23)32-24(30-15-26)31-18-5-2-4-17(10-18)12-28-25(33)29-13-20-6-3-9-35-20/h2,4-5,7-8,10-11,14,16,20H,3,6,9,12-13H2,1H3,(H2,28,29,33)(H2,30,31,32)/t20-/m0/s1. The molecule has 0 bridgehead atoms. The van der Waals surface area contributed by atoms with E-state index in [-0.39, 0.29) is 18.1 Å². The smallest absolute Gasteiger partial charge is 0.315 e. The van der Waals surface area contributed by atoms with Gasteiger partial charge in [0.2, 0.25) is 5.96 Å². The molecule has 4 rings (SSSR count). The van der Waals surface area contributed by atoms with Gasteiger partial charge in [-0.15, -0.1) is 0 Å². The van der Waals surface area contributed by atoms with E-state index in [0.29, 0.717) is 36.0 Å². The number of nitrogens with zero attached hydrogens (tertiary/aromatic N) is 3. The highest BCUT2D eigenvalue weighted by Gasteiger charge is 2.16. The molecule has 0 saturated carbocycles. The van der Waals surface area contributed by atoms with Crippen molar-refractivity contribution >= 4 is 23.4 Å². The average molecular weight is 490 g/mol. The van der Waals surface area contributed by atoms with Gasteiger partial charge in [-0.25, -0.2) is 14.8 Å². The van der Waals surface area contributed by atoms with E-state index >= 15 is 0 Å². The summed E-state index contributed by atoms with van der Waals surface area (Å²) >= 11 is 0. The summed E-state index contributed by atoms with van der Waals surface area (Å²) in [6.07, 6.45) is 6.92. The van der Waals surface area contributed by atoms with Crippen LogP contribution in [0, 0.1) is 11.5 Å². The number of nitriles is 1. The molecule has 186 valence electrons. The molecule has 1 fully saturated rings. The fraction of sp³-hybridized carbons (Fsp3) is 0.280. The number of hydrogen-bond acceptors (Lipinski definition) is 7.